The highest BCUT2D eigenvalue weighted by molar-refractivity contribution is 7.52. The van der Waals surface area contributed by atoms with Gasteiger partial charge in [-0.3, -0.25) is 9.40 Å². The molecule has 0 aliphatic heterocycles. The monoisotopic (exact) mass is 321 g/mol. The predicted molar refractivity (Wildman–Crippen MR) is 84.7 cm³/mol. The summed E-state index contributed by atoms with van der Waals surface area (Å²) >= 11 is 0. The van der Waals surface area contributed by atoms with E-state index in [1.807, 2.05) is 60.7 Å². The lowest BCUT2D eigenvalue weighted by Crippen LogP contribution is -2.28. The molecule has 0 radical (unpaired) electrons. The Hall–Kier alpha value is -1.49. The minimum Gasteiger partial charge on any atom is -0.323 e. The molecule has 5 nitrogen and oxygen atoms in total. The summed E-state index contributed by atoms with van der Waals surface area (Å²) in [5.41, 5.74) is 2.02. The zero-order valence-electron chi connectivity index (χ0n) is 12.4. The van der Waals surface area contributed by atoms with Crippen molar-refractivity contribution in [2.45, 2.75) is 25.9 Å². The van der Waals surface area contributed by atoms with Gasteiger partial charge < -0.3 is 9.79 Å². The highest BCUT2D eigenvalue weighted by Gasteiger charge is 2.27. The molecular formula is C16H20NO4P. The summed E-state index contributed by atoms with van der Waals surface area (Å²) in [6, 6.07) is 19.3. The largest absolute Gasteiger partial charge is 0.355 e. The molecule has 0 bridgehead atoms. The second-order valence-corrected chi connectivity index (χ2v) is 6.97. The molecule has 22 heavy (non-hydrogen) atoms. The van der Waals surface area contributed by atoms with Crippen LogP contribution in [0.3, 0.4) is 0 Å². The summed E-state index contributed by atoms with van der Waals surface area (Å²) in [6.07, 6.45) is 0. The molecule has 0 aromatic heterocycles. The fraction of sp³-hybridized carbons (Fsp3) is 0.250. The maximum Gasteiger partial charge on any atom is 0.355 e. The van der Waals surface area contributed by atoms with Crippen LogP contribution in [-0.2, 0) is 22.5 Å². The van der Waals surface area contributed by atoms with Crippen LogP contribution in [0, 0.1) is 0 Å². The Kier molecular flexibility index (Phi) is 5.89. The highest BCUT2D eigenvalue weighted by atomic mass is 31.2. The zero-order chi connectivity index (χ0) is 16.0. The average Bonchev–Trinajstić information content (AvgIpc) is 2.48. The first kappa shape index (κ1) is 16.9. The molecule has 118 valence electrons. The van der Waals surface area contributed by atoms with E-state index in [1.165, 1.54) is 6.92 Å². The predicted octanol–water partition coefficient (Wildman–Crippen LogP) is 3.14. The fourth-order valence-corrected chi connectivity index (χ4v) is 2.24. The summed E-state index contributed by atoms with van der Waals surface area (Å²) < 4.78 is 11.3. The van der Waals surface area contributed by atoms with Crippen molar-refractivity contribution in [2.75, 3.05) is 0 Å². The van der Waals surface area contributed by atoms with E-state index in [0.29, 0.717) is 13.1 Å². The SMILES string of the molecule is CC(ON(Cc1ccccc1)Cc1ccccc1)P(=O)(O)O. The molecule has 2 N–H and O–H groups in total. The molecular weight excluding hydrogens is 301 g/mol. The number of rotatable bonds is 7. The molecule has 0 aliphatic rings. The van der Waals surface area contributed by atoms with Gasteiger partial charge in [0, 0.05) is 13.1 Å². The van der Waals surface area contributed by atoms with Crippen molar-refractivity contribution in [3.05, 3.63) is 71.8 Å². The third-order valence-corrected chi connectivity index (χ3v) is 4.22. The lowest BCUT2D eigenvalue weighted by molar-refractivity contribution is -0.188. The molecule has 2 aromatic carbocycles. The Bertz CT molecular complexity index is 573. The van der Waals surface area contributed by atoms with Gasteiger partial charge in [-0.25, -0.2) is 0 Å². The Morgan fingerprint density at radius 2 is 1.36 bits per heavy atom. The summed E-state index contributed by atoms with van der Waals surface area (Å²) in [4.78, 5) is 23.9. The summed E-state index contributed by atoms with van der Waals surface area (Å²) in [6.45, 7) is 2.27. The van der Waals surface area contributed by atoms with Gasteiger partial charge >= 0.3 is 7.60 Å². The van der Waals surface area contributed by atoms with Gasteiger partial charge in [-0.1, -0.05) is 60.7 Å². The van der Waals surface area contributed by atoms with Crippen LogP contribution in [0.1, 0.15) is 18.1 Å². The molecule has 0 spiro atoms. The van der Waals surface area contributed by atoms with Crippen molar-refractivity contribution >= 4 is 7.60 Å². The minimum absolute atomic E-state index is 0.445. The first-order valence-corrected chi connectivity index (χ1v) is 8.68. The quantitative estimate of drug-likeness (QED) is 0.605. The van der Waals surface area contributed by atoms with Crippen molar-refractivity contribution in [2.24, 2.45) is 0 Å². The first-order valence-electron chi connectivity index (χ1n) is 7.00. The van der Waals surface area contributed by atoms with Crippen LogP contribution in [0.25, 0.3) is 0 Å². The van der Waals surface area contributed by atoms with Crippen molar-refractivity contribution in [3.63, 3.8) is 0 Å². The van der Waals surface area contributed by atoms with E-state index in [4.69, 9.17) is 4.84 Å². The molecule has 0 fully saturated rings. The Labute approximate surface area is 130 Å². The van der Waals surface area contributed by atoms with E-state index >= 15 is 0 Å². The molecule has 2 aromatic rings. The Morgan fingerprint density at radius 3 is 1.73 bits per heavy atom. The maximum absolute atomic E-state index is 11.3. The zero-order valence-corrected chi connectivity index (χ0v) is 13.3. The van der Waals surface area contributed by atoms with Crippen LogP contribution in [0.5, 0.6) is 0 Å². The van der Waals surface area contributed by atoms with Gasteiger partial charge in [0.25, 0.3) is 0 Å². The molecule has 6 heteroatoms. The smallest absolute Gasteiger partial charge is 0.323 e. The van der Waals surface area contributed by atoms with Crippen LogP contribution < -0.4 is 0 Å². The molecule has 0 heterocycles. The topological polar surface area (TPSA) is 70.0 Å². The van der Waals surface area contributed by atoms with Gasteiger partial charge in [0.2, 0.25) is 0 Å². The number of hydroxylamine groups is 2. The molecule has 0 amide bonds. The van der Waals surface area contributed by atoms with E-state index in [0.717, 1.165) is 11.1 Å². The second kappa shape index (κ2) is 7.68. The van der Waals surface area contributed by atoms with Gasteiger partial charge in [-0.2, -0.15) is 5.06 Å². The normalized spacial score (nSPS) is 13.3. The minimum atomic E-state index is -4.28. The van der Waals surface area contributed by atoms with Crippen molar-refractivity contribution in [1.82, 2.24) is 5.06 Å². The van der Waals surface area contributed by atoms with Gasteiger partial charge in [0.15, 0.2) is 5.85 Å². The highest BCUT2D eigenvalue weighted by Crippen LogP contribution is 2.42. The van der Waals surface area contributed by atoms with E-state index in [1.54, 1.807) is 5.06 Å². The van der Waals surface area contributed by atoms with Gasteiger partial charge in [-0.05, 0) is 18.1 Å². The van der Waals surface area contributed by atoms with Crippen LogP contribution in [0.15, 0.2) is 60.7 Å². The van der Waals surface area contributed by atoms with Crippen LogP contribution >= 0.6 is 7.60 Å². The van der Waals surface area contributed by atoms with E-state index in [9.17, 15) is 14.4 Å². The lowest BCUT2D eigenvalue weighted by atomic mass is 10.2. The van der Waals surface area contributed by atoms with E-state index < -0.39 is 13.4 Å². The van der Waals surface area contributed by atoms with Crippen LogP contribution in [0.2, 0.25) is 0 Å². The summed E-state index contributed by atoms with van der Waals surface area (Å²) in [7, 11) is -4.28. The number of hydrogen-bond acceptors (Lipinski definition) is 3. The van der Waals surface area contributed by atoms with Gasteiger partial charge in [0.05, 0.1) is 0 Å². The van der Waals surface area contributed by atoms with Crippen molar-refractivity contribution in [1.29, 1.82) is 0 Å². The maximum atomic E-state index is 11.3. The molecule has 1 atom stereocenters. The molecule has 0 saturated carbocycles. The Morgan fingerprint density at radius 1 is 0.955 bits per heavy atom. The van der Waals surface area contributed by atoms with Gasteiger partial charge in [0.1, 0.15) is 0 Å². The van der Waals surface area contributed by atoms with Crippen molar-refractivity contribution in [3.8, 4) is 0 Å². The molecule has 2 rings (SSSR count). The third-order valence-electron chi connectivity index (χ3n) is 3.18. The number of nitrogens with zero attached hydrogens (tertiary/aromatic N) is 1. The Balaban J connectivity index is 2.11. The van der Waals surface area contributed by atoms with Crippen LogP contribution in [-0.4, -0.2) is 20.7 Å². The lowest BCUT2D eigenvalue weighted by Gasteiger charge is -2.26. The van der Waals surface area contributed by atoms with Crippen LogP contribution in [0.4, 0.5) is 0 Å². The average molecular weight is 321 g/mol. The molecule has 0 saturated heterocycles. The fourth-order valence-electron chi connectivity index (χ4n) is 1.98. The first-order chi connectivity index (χ1) is 10.4. The third kappa shape index (κ3) is 5.37. The summed E-state index contributed by atoms with van der Waals surface area (Å²) in [5.74, 6) is -1.18. The number of hydrogen-bond donors (Lipinski definition) is 2. The van der Waals surface area contributed by atoms with E-state index in [2.05, 4.69) is 0 Å². The molecule has 0 aliphatic carbocycles. The second-order valence-electron chi connectivity index (χ2n) is 5.06. The van der Waals surface area contributed by atoms with Gasteiger partial charge in [-0.15, -0.1) is 0 Å². The number of benzene rings is 2. The molecule has 1 unspecified atom stereocenters. The standard InChI is InChI=1S/C16H20NO4P/c1-14(22(18,19)20)21-17(12-15-8-4-2-5-9-15)13-16-10-6-3-7-11-16/h2-11,14H,12-13H2,1H3,(H2,18,19,20). The van der Waals surface area contributed by atoms with Crippen molar-refractivity contribution < 1.29 is 19.2 Å². The van der Waals surface area contributed by atoms with E-state index in [-0.39, 0.29) is 0 Å². The summed E-state index contributed by atoms with van der Waals surface area (Å²) in [5, 5.41) is 1.58.